The lowest BCUT2D eigenvalue weighted by Gasteiger charge is -2.09. The van der Waals surface area contributed by atoms with Gasteiger partial charge in [0, 0.05) is 17.0 Å². The van der Waals surface area contributed by atoms with Crippen LogP contribution in [0.3, 0.4) is 0 Å². The number of aryl methyl sites for hydroxylation is 1. The van der Waals surface area contributed by atoms with Gasteiger partial charge < -0.3 is 5.32 Å². The number of nitrogens with zero attached hydrogens (tertiary/aromatic N) is 1. The Morgan fingerprint density at radius 2 is 2.05 bits per heavy atom. The van der Waals surface area contributed by atoms with Gasteiger partial charge in [-0.3, -0.25) is 0 Å². The lowest BCUT2D eigenvalue weighted by Crippen LogP contribution is -2.02. The van der Waals surface area contributed by atoms with Crippen LogP contribution >= 0.6 is 11.3 Å². The van der Waals surface area contributed by atoms with Gasteiger partial charge in [0.05, 0.1) is 5.56 Å². The van der Waals surface area contributed by atoms with E-state index in [0.29, 0.717) is 12.1 Å². The van der Waals surface area contributed by atoms with Crippen molar-refractivity contribution in [1.29, 1.82) is 5.26 Å². The molecule has 0 saturated heterocycles. The first-order valence-electron chi connectivity index (χ1n) is 6.81. The molecule has 1 aromatic heterocycles. The maximum absolute atomic E-state index is 13.6. The number of fused-ring (bicyclic) bond motifs is 1. The van der Waals surface area contributed by atoms with E-state index in [1.165, 1.54) is 22.9 Å². The molecule has 3 rings (SSSR count). The fourth-order valence-corrected chi connectivity index (χ4v) is 3.86. The van der Waals surface area contributed by atoms with Crippen LogP contribution in [0, 0.1) is 17.1 Å². The van der Waals surface area contributed by atoms with Crippen LogP contribution < -0.4 is 5.32 Å². The van der Waals surface area contributed by atoms with E-state index in [9.17, 15) is 9.65 Å². The van der Waals surface area contributed by atoms with Crippen LogP contribution in [0.5, 0.6) is 0 Å². The Bertz CT molecular complexity index is 670. The summed E-state index contributed by atoms with van der Waals surface area (Å²) in [6.45, 7) is 0.417. The van der Waals surface area contributed by atoms with Gasteiger partial charge in [0.1, 0.15) is 16.9 Å². The van der Waals surface area contributed by atoms with Crippen molar-refractivity contribution in [3.8, 4) is 6.07 Å². The summed E-state index contributed by atoms with van der Waals surface area (Å²) in [6.07, 6.45) is 4.42. The Labute approximate surface area is 121 Å². The number of hydrogen-bond acceptors (Lipinski definition) is 3. The second-order valence-electron chi connectivity index (χ2n) is 4.97. The third-order valence-corrected chi connectivity index (χ3v) is 4.93. The minimum absolute atomic E-state index is 0.208. The number of halogens is 1. The molecule has 0 unspecified atom stereocenters. The van der Waals surface area contributed by atoms with Gasteiger partial charge in [0.15, 0.2) is 0 Å². The molecular formula is C16H15FN2S. The molecule has 2 aromatic rings. The number of benzene rings is 1. The van der Waals surface area contributed by atoms with Crippen molar-refractivity contribution < 1.29 is 4.39 Å². The van der Waals surface area contributed by atoms with E-state index in [1.54, 1.807) is 23.5 Å². The monoisotopic (exact) mass is 286 g/mol. The number of anilines is 1. The molecule has 0 fully saturated rings. The second-order valence-corrected chi connectivity index (χ2v) is 6.08. The Morgan fingerprint density at radius 3 is 2.85 bits per heavy atom. The number of hydrogen-bond donors (Lipinski definition) is 1. The first-order chi connectivity index (χ1) is 9.79. The standard InChI is InChI=1S/C16H15FN2S/c17-14-7-3-1-5-11(14)10-19-16-13(9-18)12-6-2-4-8-15(12)20-16/h1,3,5,7,19H,2,4,6,8,10H2. The molecule has 0 amide bonds. The smallest absolute Gasteiger partial charge is 0.128 e. The molecule has 1 aliphatic carbocycles. The Kier molecular flexibility index (Phi) is 3.70. The topological polar surface area (TPSA) is 35.8 Å². The Hall–Kier alpha value is -1.86. The molecule has 1 aromatic carbocycles. The van der Waals surface area contributed by atoms with Crippen LogP contribution in [0.25, 0.3) is 0 Å². The number of thiophene rings is 1. The highest BCUT2D eigenvalue weighted by atomic mass is 32.1. The van der Waals surface area contributed by atoms with Crippen molar-refractivity contribution in [2.75, 3.05) is 5.32 Å². The van der Waals surface area contributed by atoms with Gasteiger partial charge in [0.25, 0.3) is 0 Å². The number of nitrogens with one attached hydrogen (secondary N) is 1. The molecule has 1 aliphatic rings. The summed E-state index contributed by atoms with van der Waals surface area (Å²) in [6, 6.07) is 9.04. The summed E-state index contributed by atoms with van der Waals surface area (Å²) < 4.78 is 13.6. The van der Waals surface area contributed by atoms with E-state index < -0.39 is 0 Å². The summed E-state index contributed by atoms with van der Waals surface area (Å²) in [5, 5.41) is 13.5. The third kappa shape index (κ3) is 2.41. The van der Waals surface area contributed by atoms with Crippen molar-refractivity contribution in [1.82, 2.24) is 0 Å². The molecule has 2 nitrogen and oxygen atoms in total. The molecule has 20 heavy (non-hydrogen) atoms. The average molecular weight is 286 g/mol. The van der Waals surface area contributed by atoms with E-state index in [2.05, 4.69) is 11.4 Å². The maximum atomic E-state index is 13.6. The zero-order valence-electron chi connectivity index (χ0n) is 11.1. The lowest BCUT2D eigenvalue weighted by atomic mass is 9.96. The zero-order chi connectivity index (χ0) is 13.9. The van der Waals surface area contributed by atoms with E-state index in [0.717, 1.165) is 29.8 Å². The van der Waals surface area contributed by atoms with Crippen molar-refractivity contribution in [2.45, 2.75) is 32.2 Å². The fraction of sp³-hybridized carbons (Fsp3) is 0.312. The zero-order valence-corrected chi connectivity index (χ0v) is 11.9. The van der Waals surface area contributed by atoms with Gasteiger partial charge in [-0.05, 0) is 37.3 Å². The first kappa shape index (κ1) is 13.1. The summed E-state index contributed by atoms with van der Waals surface area (Å²) in [4.78, 5) is 1.32. The predicted molar refractivity (Wildman–Crippen MR) is 79.4 cm³/mol. The molecule has 0 saturated carbocycles. The fourth-order valence-electron chi connectivity index (χ4n) is 2.63. The average Bonchev–Trinajstić information content (AvgIpc) is 2.84. The molecule has 1 N–H and O–H groups in total. The second kappa shape index (κ2) is 5.64. The lowest BCUT2D eigenvalue weighted by molar-refractivity contribution is 0.613. The van der Waals surface area contributed by atoms with Crippen molar-refractivity contribution in [2.24, 2.45) is 0 Å². The van der Waals surface area contributed by atoms with E-state index >= 15 is 0 Å². The van der Waals surface area contributed by atoms with Crippen LogP contribution in [0.1, 0.15) is 34.4 Å². The minimum Gasteiger partial charge on any atom is -0.372 e. The summed E-state index contributed by atoms with van der Waals surface area (Å²) in [5.74, 6) is -0.208. The highest BCUT2D eigenvalue weighted by Crippen LogP contribution is 2.37. The number of nitriles is 1. The normalized spacial score (nSPS) is 13.6. The van der Waals surface area contributed by atoms with Gasteiger partial charge in [-0.25, -0.2) is 4.39 Å². The van der Waals surface area contributed by atoms with Gasteiger partial charge in [-0.1, -0.05) is 18.2 Å². The third-order valence-electron chi connectivity index (χ3n) is 3.68. The molecule has 102 valence electrons. The largest absolute Gasteiger partial charge is 0.372 e. The first-order valence-corrected chi connectivity index (χ1v) is 7.63. The summed E-state index contributed by atoms with van der Waals surface area (Å²) in [7, 11) is 0. The van der Waals surface area contributed by atoms with Gasteiger partial charge in [-0.15, -0.1) is 11.3 Å². The van der Waals surface area contributed by atoms with E-state index in [-0.39, 0.29) is 5.82 Å². The van der Waals surface area contributed by atoms with E-state index in [1.807, 2.05) is 6.07 Å². The molecule has 1 heterocycles. The quantitative estimate of drug-likeness (QED) is 0.915. The van der Waals surface area contributed by atoms with Crippen LogP contribution in [0.15, 0.2) is 24.3 Å². The Morgan fingerprint density at radius 1 is 1.25 bits per heavy atom. The molecule has 0 radical (unpaired) electrons. The van der Waals surface area contributed by atoms with Crippen LogP contribution in [-0.2, 0) is 19.4 Å². The molecule has 4 heteroatoms. The van der Waals surface area contributed by atoms with Crippen LogP contribution in [0.2, 0.25) is 0 Å². The van der Waals surface area contributed by atoms with Crippen molar-refractivity contribution >= 4 is 16.3 Å². The Balaban J connectivity index is 1.83. The molecule has 0 aliphatic heterocycles. The molecule has 0 atom stereocenters. The highest BCUT2D eigenvalue weighted by molar-refractivity contribution is 7.16. The SMILES string of the molecule is N#Cc1c(NCc2ccccc2F)sc2c1CCCC2. The van der Waals surface area contributed by atoms with Gasteiger partial charge >= 0.3 is 0 Å². The summed E-state index contributed by atoms with van der Waals surface area (Å²) in [5.41, 5.74) is 2.60. The molecular weight excluding hydrogens is 271 g/mol. The highest BCUT2D eigenvalue weighted by Gasteiger charge is 2.20. The molecule has 0 bridgehead atoms. The van der Waals surface area contributed by atoms with Crippen molar-refractivity contribution in [3.05, 3.63) is 51.7 Å². The number of rotatable bonds is 3. The van der Waals surface area contributed by atoms with Gasteiger partial charge in [-0.2, -0.15) is 5.26 Å². The maximum Gasteiger partial charge on any atom is 0.128 e. The minimum atomic E-state index is -0.208. The van der Waals surface area contributed by atoms with Crippen LogP contribution in [-0.4, -0.2) is 0 Å². The predicted octanol–water partition coefficient (Wildman–Crippen LogP) is 4.25. The molecule has 0 spiro atoms. The van der Waals surface area contributed by atoms with E-state index in [4.69, 9.17) is 0 Å². The van der Waals surface area contributed by atoms with Gasteiger partial charge in [0.2, 0.25) is 0 Å². The summed E-state index contributed by atoms with van der Waals surface area (Å²) >= 11 is 1.66. The van der Waals surface area contributed by atoms with Crippen LogP contribution in [0.4, 0.5) is 9.39 Å². The van der Waals surface area contributed by atoms with Crippen molar-refractivity contribution in [3.63, 3.8) is 0 Å².